The number of carbonyl (C=O) groups excluding carboxylic acids is 1. The van der Waals surface area contributed by atoms with Crippen LogP contribution in [0.5, 0.6) is 0 Å². The van der Waals surface area contributed by atoms with Crippen LogP contribution in [0.15, 0.2) is 23.6 Å². The lowest BCUT2D eigenvalue weighted by Crippen LogP contribution is -2.03. The molecule has 0 spiro atoms. The van der Waals surface area contributed by atoms with Crippen molar-refractivity contribution in [3.05, 3.63) is 39.4 Å². The molecule has 0 fully saturated rings. The normalized spacial score (nSPS) is 10.4. The molecule has 2 aromatic rings. The second-order valence-electron chi connectivity index (χ2n) is 3.38. The van der Waals surface area contributed by atoms with Gasteiger partial charge in [0.1, 0.15) is 5.82 Å². The number of benzene rings is 1. The monoisotopic (exact) mass is 285 g/mol. The average molecular weight is 286 g/mol. The molecule has 0 unspecified atom stereocenters. The standard InChI is InChI=1S/C12H9ClFNO2S/c1-2-17-12(16)11-15-10(6-18-11)8-4-3-7(14)5-9(8)13/h3-6H,2H2,1H3. The fourth-order valence-corrected chi connectivity index (χ4v) is 2.35. The van der Waals surface area contributed by atoms with E-state index in [1.54, 1.807) is 12.3 Å². The lowest BCUT2D eigenvalue weighted by molar-refractivity contribution is 0.0526. The largest absolute Gasteiger partial charge is 0.461 e. The Morgan fingerprint density at radius 2 is 2.33 bits per heavy atom. The molecular formula is C12H9ClFNO2S. The molecule has 6 heteroatoms. The van der Waals surface area contributed by atoms with Gasteiger partial charge in [0.2, 0.25) is 5.01 Å². The Hall–Kier alpha value is -1.46. The van der Waals surface area contributed by atoms with Crippen LogP contribution >= 0.6 is 22.9 Å². The lowest BCUT2D eigenvalue weighted by Gasteiger charge is -2.00. The number of hydrogen-bond acceptors (Lipinski definition) is 4. The third-order valence-corrected chi connectivity index (χ3v) is 3.30. The van der Waals surface area contributed by atoms with E-state index >= 15 is 0 Å². The first-order valence-corrected chi connectivity index (χ1v) is 6.45. The quantitative estimate of drug-likeness (QED) is 0.806. The molecule has 0 N–H and O–H groups in total. The number of esters is 1. The van der Waals surface area contributed by atoms with E-state index in [9.17, 15) is 9.18 Å². The molecule has 0 amide bonds. The summed E-state index contributed by atoms with van der Waals surface area (Å²) < 4.78 is 17.8. The van der Waals surface area contributed by atoms with Gasteiger partial charge >= 0.3 is 5.97 Å². The Balaban J connectivity index is 2.32. The van der Waals surface area contributed by atoms with E-state index in [1.165, 1.54) is 29.5 Å². The highest BCUT2D eigenvalue weighted by atomic mass is 35.5. The van der Waals surface area contributed by atoms with Gasteiger partial charge in [-0.1, -0.05) is 11.6 Å². The van der Waals surface area contributed by atoms with E-state index in [4.69, 9.17) is 16.3 Å². The minimum atomic E-state index is -0.466. The third kappa shape index (κ3) is 2.68. The van der Waals surface area contributed by atoms with Crippen molar-refractivity contribution in [2.24, 2.45) is 0 Å². The zero-order chi connectivity index (χ0) is 13.1. The first-order chi connectivity index (χ1) is 8.61. The van der Waals surface area contributed by atoms with Gasteiger partial charge in [0.05, 0.1) is 17.3 Å². The minimum absolute atomic E-state index is 0.257. The van der Waals surface area contributed by atoms with Crippen LogP contribution in [0, 0.1) is 5.82 Å². The number of halogens is 2. The van der Waals surface area contributed by atoms with Crippen molar-refractivity contribution >= 4 is 28.9 Å². The highest BCUT2D eigenvalue weighted by molar-refractivity contribution is 7.11. The summed E-state index contributed by atoms with van der Waals surface area (Å²) in [4.78, 5) is 15.6. The van der Waals surface area contributed by atoms with Crippen LogP contribution in [-0.4, -0.2) is 17.6 Å². The number of thiazole rings is 1. The van der Waals surface area contributed by atoms with E-state index < -0.39 is 11.8 Å². The van der Waals surface area contributed by atoms with E-state index in [0.717, 1.165) is 0 Å². The number of carbonyl (C=O) groups is 1. The van der Waals surface area contributed by atoms with Gasteiger partial charge in [-0.25, -0.2) is 14.2 Å². The van der Waals surface area contributed by atoms with Gasteiger partial charge in [-0.05, 0) is 25.1 Å². The van der Waals surface area contributed by atoms with Crippen LogP contribution in [0.3, 0.4) is 0 Å². The fraction of sp³-hybridized carbons (Fsp3) is 0.167. The van der Waals surface area contributed by atoms with Crippen LogP contribution in [0.1, 0.15) is 16.7 Å². The van der Waals surface area contributed by atoms with Crippen molar-refractivity contribution in [3.8, 4) is 11.3 Å². The Labute approximate surface area is 112 Å². The van der Waals surface area contributed by atoms with Gasteiger partial charge in [0.25, 0.3) is 0 Å². The molecule has 94 valence electrons. The lowest BCUT2D eigenvalue weighted by atomic mass is 10.2. The first-order valence-electron chi connectivity index (χ1n) is 5.20. The molecule has 0 saturated heterocycles. The number of nitrogens with zero attached hydrogens (tertiary/aromatic N) is 1. The van der Waals surface area contributed by atoms with Crippen LogP contribution < -0.4 is 0 Å². The molecule has 1 aromatic heterocycles. The topological polar surface area (TPSA) is 39.2 Å². The van der Waals surface area contributed by atoms with Crippen molar-refractivity contribution in [3.63, 3.8) is 0 Å². The Bertz CT molecular complexity index is 585. The van der Waals surface area contributed by atoms with E-state index in [-0.39, 0.29) is 10.0 Å². The Morgan fingerprint density at radius 1 is 1.56 bits per heavy atom. The van der Waals surface area contributed by atoms with Crippen molar-refractivity contribution < 1.29 is 13.9 Å². The predicted octanol–water partition coefficient (Wildman–Crippen LogP) is 3.78. The highest BCUT2D eigenvalue weighted by Crippen LogP contribution is 2.29. The van der Waals surface area contributed by atoms with Crippen molar-refractivity contribution in [1.82, 2.24) is 4.98 Å². The van der Waals surface area contributed by atoms with Crippen LogP contribution in [0.25, 0.3) is 11.3 Å². The van der Waals surface area contributed by atoms with Crippen LogP contribution in [0.2, 0.25) is 5.02 Å². The Kier molecular flexibility index (Phi) is 3.93. The first kappa shape index (κ1) is 13.0. The van der Waals surface area contributed by atoms with Gasteiger partial charge in [-0.3, -0.25) is 0 Å². The number of aromatic nitrogens is 1. The smallest absolute Gasteiger partial charge is 0.367 e. The summed E-state index contributed by atoms with van der Waals surface area (Å²) in [6.45, 7) is 2.02. The molecule has 1 aromatic carbocycles. The molecule has 1 heterocycles. The summed E-state index contributed by atoms with van der Waals surface area (Å²) in [5.74, 6) is -0.878. The molecule has 2 rings (SSSR count). The zero-order valence-corrected chi connectivity index (χ0v) is 11.0. The molecule has 0 bridgehead atoms. The number of ether oxygens (including phenoxy) is 1. The molecule has 3 nitrogen and oxygen atoms in total. The maximum atomic E-state index is 12.9. The zero-order valence-electron chi connectivity index (χ0n) is 9.44. The molecule has 0 aliphatic heterocycles. The molecule has 0 atom stereocenters. The highest BCUT2D eigenvalue weighted by Gasteiger charge is 2.14. The maximum absolute atomic E-state index is 12.9. The summed E-state index contributed by atoms with van der Waals surface area (Å²) in [6.07, 6.45) is 0. The minimum Gasteiger partial charge on any atom is -0.461 e. The van der Waals surface area contributed by atoms with Crippen LogP contribution in [0.4, 0.5) is 4.39 Å². The molecule has 0 radical (unpaired) electrons. The second kappa shape index (κ2) is 5.46. The number of rotatable bonds is 3. The Morgan fingerprint density at radius 3 is 3.00 bits per heavy atom. The van der Waals surface area contributed by atoms with Crippen molar-refractivity contribution in [2.75, 3.05) is 6.61 Å². The van der Waals surface area contributed by atoms with Gasteiger partial charge in [-0.2, -0.15) is 0 Å². The second-order valence-corrected chi connectivity index (χ2v) is 4.65. The third-order valence-electron chi connectivity index (χ3n) is 2.16. The summed E-state index contributed by atoms with van der Waals surface area (Å²) in [5, 5.41) is 2.20. The van der Waals surface area contributed by atoms with Crippen molar-refractivity contribution in [1.29, 1.82) is 0 Å². The number of hydrogen-bond donors (Lipinski definition) is 0. The summed E-state index contributed by atoms with van der Waals surface area (Å²) in [6, 6.07) is 4.03. The SMILES string of the molecule is CCOC(=O)c1nc(-c2ccc(F)cc2Cl)cs1. The predicted molar refractivity (Wildman–Crippen MR) is 68.5 cm³/mol. The summed E-state index contributed by atoms with van der Waals surface area (Å²) >= 11 is 7.09. The van der Waals surface area contributed by atoms with Crippen LogP contribution in [-0.2, 0) is 4.74 Å². The molecule has 0 saturated carbocycles. The summed E-state index contributed by atoms with van der Waals surface area (Å²) in [5.41, 5.74) is 1.12. The van der Waals surface area contributed by atoms with Gasteiger partial charge in [0, 0.05) is 10.9 Å². The van der Waals surface area contributed by atoms with E-state index in [2.05, 4.69) is 4.98 Å². The molecular weight excluding hydrogens is 277 g/mol. The maximum Gasteiger partial charge on any atom is 0.367 e. The van der Waals surface area contributed by atoms with Gasteiger partial charge < -0.3 is 4.74 Å². The van der Waals surface area contributed by atoms with E-state index in [0.29, 0.717) is 17.9 Å². The molecule has 0 aliphatic carbocycles. The van der Waals surface area contributed by atoms with Gasteiger partial charge in [0.15, 0.2) is 0 Å². The average Bonchev–Trinajstić information content (AvgIpc) is 2.78. The van der Waals surface area contributed by atoms with Gasteiger partial charge in [-0.15, -0.1) is 11.3 Å². The van der Waals surface area contributed by atoms with Crippen molar-refractivity contribution in [2.45, 2.75) is 6.92 Å². The van der Waals surface area contributed by atoms with E-state index in [1.807, 2.05) is 0 Å². The molecule has 0 aliphatic rings. The fourth-order valence-electron chi connectivity index (χ4n) is 1.38. The summed E-state index contributed by atoms with van der Waals surface area (Å²) in [7, 11) is 0. The molecule has 18 heavy (non-hydrogen) atoms.